The lowest BCUT2D eigenvalue weighted by Gasteiger charge is -2.23. The topological polar surface area (TPSA) is 130 Å². The zero-order valence-electron chi connectivity index (χ0n) is 20.8. The second kappa shape index (κ2) is 11.8. The van der Waals surface area contributed by atoms with Crippen LogP contribution in [-0.4, -0.2) is 52.3 Å². The lowest BCUT2D eigenvalue weighted by atomic mass is 9.98. The highest BCUT2D eigenvalue weighted by Gasteiger charge is 2.33. The number of benzene rings is 2. The highest BCUT2D eigenvalue weighted by Crippen LogP contribution is 2.40. The molecule has 4 aromatic rings. The van der Waals surface area contributed by atoms with E-state index in [0.717, 1.165) is 6.20 Å². The average Bonchev–Trinajstić information content (AvgIpc) is 3.45. The fourth-order valence-corrected chi connectivity index (χ4v) is 4.32. The van der Waals surface area contributed by atoms with Crippen LogP contribution in [0.25, 0.3) is 11.1 Å². The number of para-hydroxylation sites is 1. The Morgan fingerprint density at radius 3 is 2.58 bits per heavy atom. The Morgan fingerprint density at radius 1 is 1.15 bits per heavy atom. The van der Waals surface area contributed by atoms with Gasteiger partial charge in [-0.2, -0.15) is 23.6 Å². The van der Waals surface area contributed by atoms with E-state index in [1.165, 1.54) is 31.2 Å². The number of H-pyrrole nitrogens is 1. The van der Waals surface area contributed by atoms with Gasteiger partial charge in [0.2, 0.25) is 0 Å². The van der Waals surface area contributed by atoms with E-state index >= 15 is 0 Å². The van der Waals surface area contributed by atoms with Crippen molar-refractivity contribution in [3.8, 4) is 28.7 Å². The number of aromatic amines is 1. The summed E-state index contributed by atoms with van der Waals surface area (Å²) in [4.78, 5) is 18.4. The number of methoxy groups -OCH3 is 1. The molecule has 0 spiro atoms. The Morgan fingerprint density at radius 2 is 1.93 bits per heavy atom. The van der Waals surface area contributed by atoms with Crippen LogP contribution >= 0.6 is 23.2 Å². The molecule has 0 aliphatic heterocycles. The van der Waals surface area contributed by atoms with Gasteiger partial charge in [-0.15, -0.1) is 10.2 Å². The second-order valence-electron chi connectivity index (χ2n) is 8.13. The Hall–Kier alpha value is -4.41. The number of alkyl halides is 3. The molecule has 0 unspecified atom stereocenters. The van der Waals surface area contributed by atoms with Gasteiger partial charge < -0.3 is 14.4 Å². The van der Waals surface area contributed by atoms with Crippen LogP contribution in [-0.2, 0) is 12.6 Å². The van der Waals surface area contributed by atoms with Gasteiger partial charge in [0.25, 0.3) is 5.91 Å². The van der Waals surface area contributed by atoms with Crippen molar-refractivity contribution in [1.82, 2.24) is 25.6 Å². The van der Waals surface area contributed by atoms with Crippen LogP contribution in [0.3, 0.4) is 0 Å². The second-order valence-corrected chi connectivity index (χ2v) is 8.95. The highest BCUT2D eigenvalue weighted by molar-refractivity contribution is 6.35. The minimum Gasteiger partial charge on any atom is -0.496 e. The molecule has 0 radical (unpaired) electrons. The first kappa shape index (κ1) is 28.6. The predicted octanol–water partition coefficient (Wildman–Crippen LogP) is 5.37. The molecule has 1 N–H and O–H groups in total. The van der Waals surface area contributed by atoms with E-state index in [-0.39, 0.29) is 50.3 Å². The number of carbonyl (C=O) groups is 1. The standard InChI is InChI=1S/C25H18Cl2F3N7O3/c1-37(23-17(26)4-3-5-19(23)40-7-6-22-33-35-36-34-22)24(38)15-9-14(18(27)10-20(15)39-2)16-12-32-21(25(28,29)30)8-13(16)11-31/h3-5,8-10,12H,6-7H2,1-2H3,(H,33,34,35,36). The molecule has 2 aromatic carbocycles. The average molecular weight is 592 g/mol. The third-order valence-electron chi connectivity index (χ3n) is 5.69. The molecule has 0 aliphatic rings. The number of anilines is 1. The van der Waals surface area contributed by atoms with Gasteiger partial charge in [0.15, 0.2) is 5.82 Å². The van der Waals surface area contributed by atoms with E-state index in [9.17, 15) is 23.2 Å². The number of rotatable bonds is 8. The zero-order chi connectivity index (χ0) is 29.0. The van der Waals surface area contributed by atoms with Gasteiger partial charge in [-0.1, -0.05) is 34.5 Å². The van der Waals surface area contributed by atoms with Gasteiger partial charge in [0.05, 0.1) is 41.0 Å². The Bertz CT molecular complexity index is 1590. The minimum atomic E-state index is -4.75. The number of nitriles is 1. The Kier molecular flexibility index (Phi) is 8.41. The normalized spacial score (nSPS) is 11.2. The summed E-state index contributed by atoms with van der Waals surface area (Å²) in [5.74, 6) is 0.194. The molecule has 0 aliphatic carbocycles. The molecule has 0 atom stereocenters. The molecule has 0 fully saturated rings. The number of amides is 1. The third kappa shape index (κ3) is 5.93. The third-order valence-corrected chi connectivity index (χ3v) is 6.30. The number of ether oxygens (including phenoxy) is 2. The molecule has 2 heterocycles. The number of tetrazole rings is 1. The van der Waals surface area contributed by atoms with Crippen molar-refractivity contribution >= 4 is 34.8 Å². The van der Waals surface area contributed by atoms with E-state index in [0.29, 0.717) is 24.1 Å². The van der Waals surface area contributed by atoms with Crippen molar-refractivity contribution in [2.45, 2.75) is 12.6 Å². The summed E-state index contributed by atoms with van der Waals surface area (Å²) in [5.41, 5.74) is -1.22. The number of hydrogen-bond acceptors (Lipinski definition) is 8. The van der Waals surface area contributed by atoms with E-state index < -0.39 is 17.8 Å². The van der Waals surface area contributed by atoms with Crippen molar-refractivity contribution in [1.29, 1.82) is 5.26 Å². The molecule has 1 amide bonds. The van der Waals surface area contributed by atoms with Crippen LogP contribution in [0.2, 0.25) is 10.0 Å². The Labute approximate surface area is 235 Å². The highest BCUT2D eigenvalue weighted by atomic mass is 35.5. The van der Waals surface area contributed by atoms with Crippen LogP contribution in [0.15, 0.2) is 42.6 Å². The van der Waals surface area contributed by atoms with E-state index in [4.69, 9.17) is 32.7 Å². The number of halogens is 5. The van der Waals surface area contributed by atoms with Crippen LogP contribution in [0.4, 0.5) is 18.9 Å². The predicted molar refractivity (Wildman–Crippen MR) is 139 cm³/mol. The number of hydrogen-bond donors (Lipinski definition) is 1. The quantitative estimate of drug-likeness (QED) is 0.289. The first-order chi connectivity index (χ1) is 19.0. The number of nitrogens with one attached hydrogen (secondary N) is 1. The van der Waals surface area contributed by atoms with Crippen LogP contribution in [0.1, 0.15) is 27.4 Å². The van der Waals surface area contributed by atoms with Gasteiger partial charge in [0, 0.05) is 36.9 Å². The van der Waals surface area contributed by atoms with Gasteiger partial charge in [-0.3, -0.25) is 9.78 Å². The summed E-state index contributed by atoms with van der Waals surface area (Å²) in [6.07, 6.45) is -3.54. The van der Waals surface area contributed by atoms with Crippen molar-refractivity contribution in [3.05, 3.63) is 75.3 Å². The van der Waals surface area contributed by atoms with E-state index in [1.54, 1.807) is 24.3 Å². The smallest absolute Gasteiger partial charge is 0.433 e. The molecule has 0 saturated carbocycles. The fourth-order valence-electron chi connectivity index (χ4n) is 3.78. The number of nitrogens with zero attached hydrogens (tertiary/aromatic N) is 6. The molecule has 2 aromatic heterocycles. The summed E-state index contributed by atoms with van der Waals surface area (Å²) < 4.78 is 50.7. The van der Waals surface area contributed by atoms with Crippen LogP contribution in [0, 0.1) is 11.3 Å². The molecule has 40 heavy (non-hydrogen) atoms. The maximum absolute atomic E-state index is 13.8. The van der Waals surface area contributed by atoms with Gasteiger partial charge >= 0.3 is 6.18 Å². The van der Waals surface area contributed by atoms with Gasteiger partial charge in [-0.05, 0) is 24.3 Å². The molecular weight excluding hydrogens is 574 g/mol. The number of carbonyl (C=O) groups excluding carboxylic acids is 1. The van der Waals surface area contributed by atoms with Crippen LogP contribution in [0.5, 0.6) is 11.5 Å². The van der Waals surface area contributed by atoms with Crippen LogP contribution < -0.4 is 14.4 Å². The number of pyridine rings is 1. The van der Waals surface area contributed by atoms with E-state index in [1.807, 2.05) is 0 Å². The molecule has 0 saturated heterocycles. The van der Waals surface area contributed by atoms with Crippen molar-refractivity contribution in [2.75, 3.05) is 25.7 Å². The maximum Gasteiger partial charge on any atom is 0.433 e. The number of aromatic nitrogens is 5. The Balaban J connectivity index is 1.72. The van der Waals surface area contributed by atoms with Gasteiger partial charge in [0.1, 0.15) is 22.9 Å². The van der Waals surface area contributed by atoms with Gasteiger partial charge in [-0.25, -0.2) is 0 Å². The summed E-state index contributed by atoms with van der Waals surface area (Å²) in [7, 11) is 2.79. The summed E-state index contributed by atoms with van der Waals surface area (Å²) >= 11 is 12.9. The molecule has 206 valence electrons. The molecule has 15 heteroatoms. The maximum atomic E-state index is 13.8. The first-order valence-electron chi connectivity index (χ1n) is 11.3. The van der Waals surface area contributed by atoms with Crippen molar-refractivity contribution in [2.24, 2.45) is 0 Å². The minimum absolute atomic E-state index is 0.00286. The molecule has 0 bridgehead atoms. The summed E-state index contributed by atoms with van der Waals surface area (Å²) in [6, 6.07) is 9.84. The van der Waals surface area contributed by atoms with E-state index in [2.05, 4.69) is 25.6 Å². The summed E-state index contributed by atoms with van der Waals surface area (Å²) in [6.45, 7) is 0.154. The largest absolute Gasteiger partial charge is 0.496 e. The molecule has 4 rings (SSSR count). The SMILES string of the molecule is COc1cc(Cl)c(-c2cnc(C(F)(F)F)cc2C#N)cc1C(=O)N(C)c1c(Cl)cccc1OCCc1nn[nH]n1. The lowest BCUT2D eigenvalue weighted by molar-refractivity contribution is -0.141. The zero-order valence-corrected chi connectivity index (χ0v) is 22.3. The fraction of sp³-hybridized carbons (Fsp3) is 0.200. The van der Waals surface area contributed by atoms with Crippen molar-refractivity contribution < 1.29 is 27.4 Å². The molecule has 10 nitrogen and oxygen atoms in total. The lowest BCUT2D eigenvalue weighted by Crippen LogP contribution is -2.27. The first-order valence-corrected chi connectivity index (χ1v) is 12.1. The monoisotopic (exact) mass is 591 g/mol. The summed E-state index contributed by atoms with van der Waals surface area (Å²) in [5, 5.41) is 23.3. The van der Waals surface area contributed by atoms with Crippen molar-refractivity contribution in [3.63, 3.8) is 0 Å². The molecular formula is C25H18Cl2F3N7O3.